The van der Waals surface area contributed by atoms with Gasteiger partial charge >= 0.3 is 0 Å². The van der Waals surface area contributed by atoms with Crippen LogP contribution in [0.4, 0.5) is 0 Å². The molecule has 0 fully saturated rings. The van der Waals surface area contributed by atoms with E-state index in [1.165, 1.54) is 4.57 Å². The third-order valence-corrected chi connectivity index (χ3v) is 3.43. The Bertz CT molecular complexity index is 767. The lowest BCUT2D eigenvalue weighted by molar-refractivity contribution is 0.412. The molecule has 102 valence electrons. The van der Waals surface area contributed by atoms with Gasteiger partial charge < -0.3 is 4.74 Å². The minimum Gasteiger partial charge on any atom is -0.495 e. The highest BCUT2D eigenvalue weighted by Gasteiger charge is 2.14. The molecule has 2 rings (SSSR count). The van der Waals surface area contributed by atoms with E-state index in [0.717, 1.165) is 16.7 Å². The number of nitrogens with zero attached hydrogens (tertiary/aromatic N) is 2. The molecule has 0 saturated heterocycles. The molecule has 1 aromatic carbocycles. The lowest BCUT2D eigenvalue weighted by Gasteiger charge is -2.14. The first-order chi connectivity index (χ1) is 9.49. The van der Waals surface area contributed by atoms with Crippen LogP contribution in [-0.4, -0.2) is 11.7 Å². The van der Waals surface area contributed by atoms with E-state index < -0.39 is 0 Å². The maximum absolute atomic E-state index is 12.4. The highest BCUT2D eigenvalue weighted by Crippen LogP contribution is 2.23. The molecule has 4 nitrogen and oxygen atoms in total. The molecule has 0 N–H and O–H groups in total. The molecular formula is C16H16N2O2. The summed E-state index contributed by atoms with van der Waals surface area (Å²) in [6, 6.07) is 7.60. The number of ether oxygens (including phenoxy) is 1. The SMILES string of the molecule is COc1ccc(C)cc1-n1cc(C)c(C)c(C#N)c1=O. The van der Waals surface area contributed by atoms with Crippen LogP contribution in [0.1, 0.15) is 22.3 Å². The second kappa shape index (κ2) is 5.22. The number of hydrogen-bond donors (Lipinski definition) is 0. The Labute approximate surface area is 117 Å². The van der Waals surface area contributed by atoms with Crippen molar-refractivity contribution in [3.8, 4) is 17.5 Å². The molecule has 0 bridgehead atoms. The molecule has 0 unspecified atom stereocenters. The van der Waals surface area contributed by atoms with E-state index in [4.69, 9.17) is 4.74 Å². The van der Waals surface area contributed by atoms with E-state index in [1.807, 2.05) is 38.1 Å². The average Bonchev–Trinajstić information content (AvgIpc) is 2.43. The Morgan fingerprint density at radius 3 is 2.55 bits per heavy atom. The first-order valence-corrected chi connectivity index (χ1v) is 6.27. The van der Waals surface area contributed by atoms with Crippen LogP contribution in [0.25, 0.3) is 5.69 Å². The average molecular weight is 268 g/mol. The number of pyridine rings is 1. The second-order valence-corrected chi connectivity index (χ2v) is 4.77. The maximum atomic E-state index is 12.4. The minimum atomic E-state index is -0.320. The molecule has 0 aliphatic rings. The Kier molecular flexibility index (Phi) is 3.62. The highest BCUT2D eigenvalue weighted by molar-refractivity contribution is 5.51. The number of aryl methyl sites for hydroxylation is 2. The van der Waals surface area contributed by atoms with Gasteiger partial charge in [0.05, 0.1) is 12.8 Å². The third-order valence-electron chi connectivity index (χ3n) is 3.43. The molecule has 20 heavy (non-hydrogen) atoms. The predicted molar refractivity (Wildman–Crippen MR) is 77.5 cm³/mol. The molecule has 0 atom stereocenters. The Morgan fingerprint density at radius 1 is 1.25 bits per heavy atom. The van der Waals surface area contributed by atoms with Crippen molar-refractivity contribution in [3.05, 3.63) is 57.0 Å². The van der Waals surface area contributed by atoms with Crippen LogP contribution in [0.3, 0.4) is 0 Å². The summed E-state index contributed by atoms with van der Waals surface area (Å²) in [5.41, 5.74) is 3.14. The zero-order valence-corrected chi connectivity index (χ0v) is 12.0. The van der Waals surface area contributed by atoms with Crippen LogP contribution < -0.4 is 10.3 Å². The number of rotatable bonds is 2. The fourth-order valence-corrected chi connectivity index (χ4v) is 2.13. The van der Waals surface area contributed by atoms with Gasteiger partial charge in [0.25, 0.3) is 5.56 Å². The maximum Gasteiger partial charge on any atom is 0.273 e. The molecule has 0 aliphatic carbocycles. The largest absolute Gasteiger partial charge is 0.495 e. The first-order valence-electron chi connectivity index (χ1n) is 6.27. The molecule has 0 radical (unpaired) electrons. The van der Waals surface area contributed by atoms with Crippen molar-refractivity contribution in [1.82, 2.24) is 4.57 Å². The van der Waals surface area contributed by atoms with E-state index in [-0.39, 0.29) is 11.1 Å². The van der Waals surface area contributed by atoms with Gasteiger partial charge in [0.15, 0.2) is 0 Å². The number of nitriles is 1. The van der Waals surface area contributed by atoms with Gasteiger partial charge in [-0.25, -0.2) is 0 Å². The molecular weight excluding hydrogens is 252 g/mol. The van der Waals surface area contributed by atoms with Gasteiger partial charge in [0.1, 0.15) is 17.4 Å². The first kappa shape index (κ1) is 13.9. The van der Waals surface area contributed by atoms with Crippen molar-refractivity contribution in [2.24, 2.45) is 0 Å². The van der Waals surface area contributed by atoms with Crippen molar-refractivity contribution in [1.29, 1.82) is 5.26 Å². The Balaban J connectivity index is 2.84. The van der Waals surface area contributed by atoms with Crippen molar-refractivity contribution in [3.63, 3.8) is 0 Å². The highest BCUT2D eigenvalue weighted by atomic mass is 16.5. The molecule has 2 aromatic rings. The number of aromatic nitrogens is 1. The van der Waals surface area contributed by atoms with Crippen molar-refractivity contribution >= 4 is 0 Å². The molecule has 0 amide bonds. The van der Waals surface area contributed by atoms with Crippen LogP contribution >= 0.6 is 0 Å². The standard InChI is InChI=1S/C16H16N2O2/c1-10-5-6-15(20-4)14(7-10)18-9-11(2)12(3)13(8-17)16(18)19/h5-7,9H,1-4H3. The quantitative estimate of drug-likeness (QED) is 0.841. The predicted octanol–water partition coefficient (Wildman–Crippen LogP) is 2.64. The molecule has 0 aliphatic heterocycles. The third kappa shape index (κ3) is 2.19. The summed E-state index contributed by atoms with van der Waals surface area (Å²) in [6.07, 6.45) is 1.75. The fourth-order valence-electron chi connectivity index (χ4n) is 2.13. The van der Waals surface area contributed by atoms with E-state index in [1.54, 1.807) is 20.2 Å². The normalized spacial score (nSPS) is 10.2. The van der Waals surface area contributed by atoms with Crippen LogP contribution in [0.2, 0.25) is 0 Å². The van der Waals surface area contributed by atoms with Gasteiger partial charge in [-0.05, 0) is 49.6 Å². The number of hydrogen-bond acceptors (Lipinski definition) is 3. The van der Waals surface area contributed by atoms with Gasteiger partial charge in [-0.3, -0.25) is 9.36 Å². The van der Waals surface area contributed by atoms with Crippen molar-refractivity contribution in [2.75, 3.05) is 7.11 Å². The lowest BCUT2D eigenvalue weighted by Crippen LogP contribution is -2.23. The molecule has 0 saturated carbocycles. The Morgan fingerprint density at radius 2 is 1.95 bits per heavy atom. The van der Waals surface area contributed by atoms with Gasteiger partial charge in [0, 0.05) is 6.20 Å². The van der Waals surface area contributed by atoms with E-state index >= 15 is 0 Å². The summed E-state index contributed by atoms with van der Waals surface area (Å²) in [7, 11) is 1.56. The van der Waals surface area contributed by atoms with Gasteiger partial charge in [-0.15, -0.1) is 0 Å². The van der Waals surface area contributed by atoms with Gasteiger partial charge in [-0.1, -0.05) is 6.07 Å². The Hall–Kier alpha value is -2.54. The molecule has 1 aromatic heterocycles. The monoisotopic (exact) mass is 268 g/mol. The van der Waals surface area contributed by atoms with Gasteiger partial charge in [-0.2, -0.15) is 5.26 Å². The number of methoxy groups -OCH3 is 1. The van der Waals surface area contributed by atoms with Crippen molar-refractivity contribution < 1.29 is 4.74 Å². The fraction of sp³-hybridized carbons (Fsp3) is 0.250. The zero-order chi connectivity index (χ0) is 14.9. The van der Waals surface area contributed by atoms with Gasteiger partial charge in [0.2, 0.25) is 0 Å². The van der Waals surface area contributed by atoms with Crippen LogP contribution in [0, 0.1) is 32.1 Å². The zero-order valence-electron chi connectivity index (χ0n) is 12.0. The van der Waals surface area contributed by atoms with E-state index in [2.05, 4.69) is 0 Å². The lowest BCUT2D eigenvalue weighted by atomic mass is 10.1. The minimum absolute atomic E-state index is 0.175. The summed E-state index contributed by atoms with van der Waals surface area (Å²) in [5.74, 6) is 0.602. The summed E-state index contributed by atoms with van der Waals surface area (Å²) < 4.78 is 6.79. The smallest absolute Gasteiger partial charge is 0.273 e. The van der Waals surface area contributed by atoms with Crippen molar-refractivity contribution in [2.45, 2.75) is 20.8 Å². The molecule has 0 spiro atoms. The van der Waals surface area contributed by atoms with E-state index in [0.29, 0.717) is 11.4 Å². The summed E-state index contributed by atoms with van der Waals surface area (Å²) in [6.45, 7) is 5.61. The van der Waals surface area contributed by atoms with Crippen LogP contribution in [0.5, 0.6) is 5.75 Å². The summed E-state index contributed by atoms with van der Waals surface area (Å²) in [4.78, 5) is 12.4. The summed E-state index contributed by atoms with van der Waals surface area (Å²) in [5, 5.41) is 9.18. The molecule has 1 heterocycles. The second-order valence-electron chi connectivity index (χ2n) is 4.77. The van der Waals surface area contributed by atoms with Crippen LogP contribution in [-0.2, 0) is 0 Å². The summed E-state index contributed by atoms with van der Waals surface area (Å²) >= 11 is 0. The van der Waals surface area contributed by atoms with E-state index in [9.17, 15) is 10.1 Å². The molecule has 4 heteroatoms. The van der Waals surface area contributed by atoms with Crippen LogP contribution in [0.15, 0.2) is 29.2 Å². The topological polar surface area (TPSA) is 55.0 Å². The number of benzene rings is 1.